The van der Waals surface area contributed by atoms with Gasteiger partial charge in [0.05, 0.1) is 24.2 Å². The van der Waals surface area contributed by atoms with E-state index in [0.717, 1.165) is 16.3 Å². The number of anilines is 2. The van der Waals surface area contributed by atoms with Gasteiger partial charge in [-0.2, -0.15) is 4.31 Å². The average molecular weight is 468 g/mol. The van der Waals surface area contributed by atoms with Crippen molar-refractivity contribution in [3.63, 3.8) is 0 Å². The summed E-state index contributed by atoms with van der Waals surface area (Å²) in [4.78, 5) is 26.7. The summed E-state index contributed by atoms with van der Waals surface area (Å²) in [7, 11) is -3.95. The number of amides is 2. The zero-order valence-electron chi connectivity index (χ0n) is 18.2. The molecule has 2 heterocycles. The molecule has 1 aliphatic rings. The van der Waals surface area contributed by atoms with Crippen LogP contribution in [0.3, 0.4) is 0 Å². The minimum absolute atomic E-state index is 0.0484. The Morgan fingerprint density at radius 2 is 1.91 bits per heavy atom. The summed E-state index contributed by atoms with van der Waals surface area (Å²) in [5.41, 5.74) is 2.12. The summed E-state index contributed by atoms with van der Waals surface area (Å²) in [6.07, 6.45) is 2.76. The first-order valence-corrected chi connectivity index (χ1v) is 12.1. The summed E-state index contributed by atoms with van der Waals surface area (Å²) in [5, 5.41) is 2.75. The fourth-order valence-corrected chi connectivity index (χ4v) is 5.06. The van der Waals surface area contributed by atoms with Gasteiger partial charge < -0.3 is 14.6 Å². The van der Waals surface area contributed by atoms with Gasteiger partial charge >= 0.3 is 0 Å². The van der Waals surface area contributed by atoms with Crippen LogP contribution in [0.2, 0.25) is 0 Å². The molecule has 0 aliphatic carbocycles. The van der Waals surface area contributed by atoms with E-state index >= 15 is 0 Å². The van der Waals surface area contributed by atoms with Crippen LogP contribution in [0.4, 0.5) is 11.4 Å². The number of nitrogens with one attached hydrogen (secondary N) is 1. The smallest absolute Gasteiger partial charge is 0.243 e. The molecule has 1 saturated heterocycles. The molecular weight excluding hydrogens is 442 g/mol. The molecule has 0 radical (unpaired) electrons. The van der Waals surface area contributed by atoms with Crippen LogP contribution in [-0.4, -0.2) is 37.6 Å². The monoisotopic (exact) mass is 467 g/mol. The second-order valence-corrected chi connectivity index (χ2v) is 9.85. The molecule has 0 spiro atoms. The van der Waals surface area contributed by atoms with E-state index < -0.39 is 22.5 Å². The average Bonchev–Trinajstić information content (AvgIpc) is 3.45. The zero-order chi connectivity index (χ0) is 23.4. The lowest BCUT2D eigenvalue weighted by Crippen LogP contribution is -2.37. The summed E-state index contributed by atoms with van der Waals surface area (Å²) in [5.74, 6) is -0.0255. The van der Waals surface area contributed by atoms with Gasteiger partial charge in [0.2, 0.25) is 21.8 Å². The minimum Gasteiger partial charge on any atom is -0.468 e. The molecule has 33 heavy (non-hydrogen) atoms. The molecule has 1 aromatic heterocycles. The van der Waals surface area contributed by atoms with E-state index in [0.29, 0.717) is 30.1 Å². The molecule has 9 heteroatoms. The molecule has 8 nitrogen and oxygen atoms in total. The SMILES string of the molecule is Cc1ccc(S(=O)(=O)N(CC(=O)Nc2cccc(N3CCCC3=O)c2)Cc2ccco2)cc1. The number of hydrogen-bond acceptors (Lipinski definition) is 5. The predicted octanol–water partition coefficient (Wildman–Crippen LogP) is 3.54. The van der Waals surface area contributed by atoms with Crippen LogP contribution in [0.25, 0.3) is 0 Å². The fourth-order valence-electron chi connectivity index (χ4n) is 3.69. The molecule has 0 saturated carbocycles. The number of carbonyl (C=O) groups is 2. The summed E-state index contributed by atoms with van der Waals surface area (Å²) >= 11 is 0. The molecule has 0 bridgehead atoms. The lowest BCUT2D eigenvalue weighted by Gasteiger charge is -2.21. The van der Waals surface area contributed by atoms with Crippen LogP contribution >= 0.6 is 0 Å². The van der Waals surface area contributed by atoms with Crippen LogP contribution in [-0.2, 0) is 26.2 Å². The van der Waals surface area contributed by atoms with Crippen molar-refractivity contribution >= 4 is 33.2 Å². The van der Waals surface area contributed by atoms with Gasteiger partial charge in [-0.1, -0.05) is 23.8 Å². The molecule has 3 aromatic rings. The first-order valence-electron chi connectivity index (χ1n) is 10.6. The molecule has 2 aromatic carbocycles. The van der Waals surface area contributed by atoms with Crippen LogP contribution in [0, 0.1) is 6.92 Å². The van der Waals surface area contributed by atoms with Crippen molar-refractivity contribution in [2.75, 3.05) is 23.3 Å². The van der Waals surface area contributed by atoms with Gasteiger partial charge in [0.15, 0.2) is 0 Å². The van der Waals surface area contributed by atoms with E-state index in [2.05, 4.69) is 5.32 Å². The molecular formula is C24H25N3O5S. The van der Waals surface area contributed by atoms with Gasteiger partial charge in [-0.25, -0.2) is 8.42 Å². The van der Waals surface area contributed by atoms with E-state index in [-0.39, 0.29) is 17.3 Å². The largest absolute Gasteiger partial charge is 0.468 e. The number of benzene rings is 2. The number of carbonyl (C=O) groups excluding carboxylic acids is 2. The van der Waals surface area contributed by atoms with Gasteiger partial charge in [-0.05, 0) is 55.8 Å². The van der Waals surface area contributed by atoms with Crippen LogP contribution < -0.4 is 10.2 Å². The maximum atomic E-state index is 13.3. The van der Waals surface area contributed by atoms with Gasteiger partial charge in [0, 0.05) is 24.3 Å². The number of rotatable bonds is 8. The van der Waals surface area contributed by atoms with Crippen molar-refractivity contribution < 1.29 is 22.4 Å². The Morgan fingerprint density at radius 3 is 2.58 bits per heavy atom. The van der Waals surface area contributed by atoms with Crippen LogP contribution in [0.15, 0.2) is 76.2 Å². The summed E-state index contributed by atoms with van der Waals surface area (Å²) < 4.78 is 33.0. The highest BCUT2D eigenvalue weighted by atomic mass is 32.2. The quantitative estimate of drug-likeness (QED) is 0.546. The van der Waals surface area contributed by atoms with E-state index in [1.165, 1.54) is 18.4 Å². The van der Waals surface area contributed by atoms with E-state index in [9.17, 15) is 18.0 Å². The van der Waals surface area contributed by atoms with Gasteiger partial charge in [-0.3, -0.25) is 9.59 Å². The Labute approximate surface area is 192 Å². The predicted molar refractivity (Wildman–Crippen MR) is 124 cm³/mol. The van der Waals surface area contributed by atoms with Crippen LogP contribution in [0.1, 0.15) is 24.2 Å². The first kappa shape index (κ1) is 22.8. The van der Waals surface area contributed by atoms with Crippen molar-refractivity contribution in [1.29, 1.82) is 0 Å². The van der Waals surface area contributed by atoms with Gasteiger partial charge in [0.1, 0.15) is 5.76 Å². The molecule has 2 amide bonds. The Balaban J connectivity index is 1.53. The third-order valence-corrected chi connectivity index (χ3v) is 7.21. The Morgan fingerprint density at radius 1 is 1.12 bits per heavy atom. The highest BCUT2D eigenvalue weighted by Crippen LogP contribution is 2.25. The second-order valence-electron chi connectivity index (χ2n) is 7.91. The van der Waals surface area contributed by atoms with Gasteiger partial charge in [0.25, 0.3) is 0 Å². The number of sulfonamides is 1. The molecule has 1 aliphatic heterocycles. The van der Waals surface area contributed by atoms with Crippen molar-refractivity contribution in [3.05, 3.63) is 78.3 Å². The first-order chi connectivity index (χ1) is 15.8. The van der Waals surface area contributed by atoms with Crippen molar-refractivity contribution in [3.8, 4) is 0 Å². The number of hydrogen-bond donors (Lipinski definition) is 1. The Kier molecular flexibility index (Phi) is 6.62. The normalized spacial score (nSPS) is 14.1. The van der Waals surface area contributed by atoms with E-state index in [1.807, 2.05) is 13.0 Å². The van der Waals surface area contributed by atoms with Crippen molar-refractivity contribution in [2.45, 2.75) is 31.2 Å². The minimum atomic E-state index is -3.95. The summed E-state index contributed by atoms with van der Waals surface area (Å²) in [6, 6.07) is 16.8. The molecule has 0 unspecified atom stereocenters. The highest BCUT2D eigenvalue weighted by molar-refractivity contribution is 7.89. The molecule has 4 rings (SSSR count). The standard InChI is InChI=1S/C24H25N3O5S/c1-18-9-11-22(12-10-18)33(30,31)26(16-21-7-4-14-32-21)17-23(28)25-19-5-2-6-20(15-19)27-13-3-8-24(27)29/h2,4-7,9-12,14-15H,3,8,13,16-17H2,1H3,(H,25,28). The lowest BCUT2D eigenvalue weighted by molar-refractivity contribution is -0.117. The number of nitrogens with zero attached hydrogens (tertiary/aromatic N) is 2. The summed E-state index contributed by atoms with van der Waals surface area (Å²) in [6.45, 7) is 2.03. The maximum Gasteiger partial charge on any atom is 0.243 e. The molecule has 1 fully saturated rings. The third-order valence-electron chi connectivity index (χ3n) is 5.41. The van der Waals surface area contributed by atoms with Crippen molar-refractivity contribution in [2.24, 2.45) is 0 Å². The number of aryl methyl sites for hydroxylation is 1. The van der Waals surface area contributed by atoms with Crippen LogP contribution in [0.5, 0.6) is 0 Å². The zero-order valence-corrected chi connectivity index (χ0v) is 19.0. The topological polar surface area (TPSA) is 99.9 Å². The Bertz CT molecular complexity index is 1240. The molecule has 1 N–H and O–H groups in total. The fraction of sp³-hybridized carbons (Fsp3) is 0.250. The van der Waals surface area contributed by atoms with E-state index in [4.69, 9.17) is 4.42 Å². The third kappa shape index (κ3) is 5.32. The van der Waals surface area contributed by atoms with E-state index in [1.54, 1.807) is 47.4 Å². The lowest BCUT2D eigenvalue weighted by atomic mass is 10.2. The molecule has 0 atom stereocenters. The second kappa shape index (κ2) is 9.60. The number of furan rings is 1. The van der Waals surface area contributed by atoms with Crippen molar-refractivity contribution in [1.82, 2.24) is 4.31 Å². The molecule has 172 valence electrons. The highest BCUT2D eigenvalue weighted by Gasteiger charge is 2.28. The maximum absolute atomic E-state index is 13.3. The van der Waals surface area contributed by atoms with Gasteiger partial charge in [-0.15, -0.1) is 0 Å². The Hall–Kier alpha value is -3.43.